The number of ether oxygens (including phenoxy) is 1. The number of carbonyl (C=O) groups excluding carboxylic acids is 1. The molecule has 0 fully saturated rings. The van der Waals surface area contributed by atoms with E-state index in [9.17, 15) is 9.90 Å². The minimum atomic E-state index is -0.530. The van der Waals surface area contributed by atoms with Crippen molar-refractivity contribution in [2.45, 2.75) is 46.3 Å². The summed E-state index contributed by atoms with van der Waals surface area (Å²) in [7, 11) is 0. The maximum absolute atomic E-state index is 12.7. The van der Waals surface area contributed by atoms with Gasteiger partial charge < -0.3 is 9.84 Å². The molecule has 1 N–H and O–H groups in total. The van der Waals surface area contributed by atoms with Crippen molar-refractivity contribution in [3.8, 4) is 0 Å². The van der Waals surface area contributed by atoms with Gasteiger partial charge in [0.15, 0.2) is 0 Å². The number of thiazole rings is 1. The molecule has 134 valence electrons. The van der Waals surface area contributed by atoms with Crippen LogP contribution >= 0.6 is 11.3 Å². The highest BCUT2D eigenvalue weighted by molar-refractivity contribution is 7.18. The van der Waals surface area contributed by atoms with E-state index >= 15 is 0 Å². The first-order valence-corrected chi connectivity index (χ1v) is 9.30. The van der Waals surface area contributed by atoms with E-state index in [0.29, 0.717) is 17.5 Å². The van der Waals surface area contributed by atoms with Gasteiger partial charge in [0.05, 0.1) is 22.5 Å². The second-order valence-corrected chi connectivity index (χ2v) is 8.58. The van der Waals surface area contributed by atoms with Crippen LogP contribution in [0.2, 0.25) is 0 Å². The number of hydrogen-bond acceptors (Lipinski definition) is 5. The number of rotatable bonds is 2. The second-order valence-electron chi connectivity index (χ2n) is 7.47. The van der Waals surface area contributed by atoms with Crippen molar-refractivity contribution in [3.05, 3.63) is 34.8 Å². The molecule has 0 bridgehead atoms. The van der Waals surface area contributed by atoms with E-state index in [1.807, 2.05) is 39.0 Å². The molecule has 3 rings (SSSR count). The molecular weight excluding hydrogens is 336 g/mol. The van der Waals surface area contributed by atoms with Gasteiger partial charge in [-0.3, -0.25) is 4.90 Å². The average molecular weight is 360 g/mol. The van der Waals surface area contributed by atoms with Gasteiger partial charge in [-0.15, -0.1) is 11.3 Å². The number of hydrogen-bond donors (Lipinski definition) is 1. The molecule has 0 aliphatic carbocycles. The summed E-state index contributed by atoms with van der Waals surface area (Å²) >= 11 is 1.48. The highest BCUT2D eigenvalue weighted by Crippen LogP contribution is 2.32. The number of fused-ring (bicyclic) bond motifs is 1. The molecule has 1 aromatic heterocycles. The molecule has 0 saturated heterocycles. The first-order valence-electron chi connectivity index (χ1n) is 8.48. The van der Waals surface area contributed by atoms with E-state index < -0.39 is 5.60 Å². The van der Waals surface area contributed by atoms with E-state index in [-0.39, 0.29) is 12.7 Å². The van der Waals surface area contributed by atoms with Crippen LogP contribution in [0.15, 0.2) is 24.3 Å². The molecule has 5 nitrogen and oxygen atoms in total. The van der Waals surface area contributed by atoms with Crippen molar-refractivity contribution in [1.82, 2.24) is 9.88 Å². The monoisotopic (exact) mass is 360 g/mol. The van der Waals surface area contributed by atoms with Gasteiger partial charge >= 0.3 is 6.09 Å². The predicted molar refractivity (Wildman–Crippen MR) is 100 cm³/mol. The van der Waals surface area contributed by atoms with E-state index in [0.717, 1.165) is 27.9 Å². The molecule has 0 saturated carbocycles. The summed E-state index contributed by atoms with van der Waals surface area (Å²) in [4.78, 5) is 18.8. The van der Waals surface area contributed by atoms with E-state index in [1.54, 1.807) is 4.90 Å². The summed E-state index contributed by atoms with van der Waals surface area (Å²) in [5.74, 6) is 0.389. The third-order valence-corrected chi connectivity index (χ3v) is 5.00. The third kappa shape index (κ3) is 4.02. The van der Waals surface area contributed by atoms with Crippen LogP contribution in [0.4, 0.5) is 4.79 Å². The van der Waals surface area contributed by atoms with Crippen LogP contribution in [0.1, 0.15) is 44.7 Å². The summed E-state index contributed by atoms with van der Waals surface area (Å²) < 4.78 is 6.61. The van der Waals surface area contributed by atoms with Crippen LogP contribution in [0.25, 0.3) is 15.9 Å². The van der Waals surface area contributed by atoms with Crippen LogP contribution in [0.5, 0.6) is 0 Å². The molecule has 2 heterocycles. The number of carbonyl (C=O) groups is 1. The zero-order chi connectivity index (χ0) is 18.2. The molecule has 0 radical (unpaired) electrons. The Morgan fingerprint density at radius 2 is 2.20 bits per heavy atom. The lowest BCUT2D eigenvalue weighted by Crippen LogP contribution is -2.39. The Bertz CT molecular complexity index is 820. The van der Waals surface area contributed by atoms with Crippen LogP contribution in [0.3, 0.4) is 0 Å². The van der Waals surface area contributed by atoms with E-state index in [4.69, 9.17) is 4.74 Å². The lowest BCUT2D eigenvalue weighted by molar-refractivity contribution is 0.0327. The number of aliphatic hydroxyl groups is 1. The normalized spacial score (nSPS) is 18.4. The van der Waals surface area contributed by atoms with Gasteiger partial charge in [0.25, 0.3) is 0 Å². The highest BCUT2D eigenvalue weighted by Gasteiger charge is 2.29. The maximum atomic E-state index is 12.7. The first kappa shape index (κ1) is 17.9. The van der Waals surface area contributed by atoms with Crippen LogP contribution < -0.4 is 0 Å². The molecule has 0 unspecified atom stereocenters. The SMILES string of the molecule is C[C@H]1CC=C(c2ccc3sc(CO)nc3c2)N(C(=O)OC(C)(C)C)C1. The Morgan fingerprint density at radius 1 is 1.44 bits per heavy atom. The van der Waals surface area contributed by atoms with Crippen molar-refractivity contribution < 1.29 is 14.6 Å². The molecule has 1 amide bonds. The van der Waals surface area contributed by atoms with Crippen LogP contribution in [0, 0.1) is 5.92 Å². The smallest absolute Gasteiger partial charge is 0.414 e. The van der Waals surface area contributed by atoms with Gasteiger partial charge in [-0.05, 0) is 45.2 Å². The molecule has 1 aromatic carbocycles. The van der Waals surface area contributed by atoms with Crippen molar-refractivity contribution in [2.75, 3.05) is 6.54 Å². The summed E-state index contributed by atoms with van der Waals surface area (Å²) in [6, 6.07) is 5.97. The molecule has 0 spiro atoms. The van der Waals surface area contributed by atoms with Gasteiger partial charge in [0, 0.05) is 12.1 Å². The van der Waals surface area contributed by atoms with E-state index in [1.165, 1.54) is 11.3 Å². The van der Waals surface area contributed by atoms with Crippen molar-refractivity contribution in [1.29, 1.82) is 0 Å². The number of benzene rings is 1. The molecule has 1 aliphatic heterocycles. The largest absolute Gasteiger partial charge is 0.443 e. The molecular formula is C19H24N2O3S. The maximum Gasteiger partial charge on any atom is 0.414 e. The number of aromatic nitrogens is 1. The van der Waals surface area contributed by atoms with Crippen molar-refractivity contribution in [3.63, 3.8) is 0 Å². The second kappa shape index (κ2) is 6.77. The first-order chi connectivity index (χ1) is 11.8. The summed E-state index contributed by atoms with van der Waals surface area (Å²) in [6.45, 7) is 8.33. The molecule has 6 heteroatoms. The van der Waals surface area contributed by atoms with Gasteiger partial charge in [0.1, 0.15) is 10.6 Å². The number of aliphatic hydroxyl groups excluding tert-OH is 1. The van der Waals surface area contributed by atoms with Crippen LogP contribution in [-0.4, -0.2) is 33.2 Å². The summed E-state index contributed by atoms with van der Waals surface area (Å²) in [5, 5.41) is 9.97. The molecule has 1 atom stereocenters. The molecule has 2 aromatic rings. The Kier molecular flexibility index (Phi) is 4.84. The Hall–Kier alpha value is -1.92. The standard InChI is InChI=1S/C19H24N2O3S/c1-12-5-7-15(21(10-12)18(23)24-19(2,3)4)13-6-8-16-14(9-13)20-17(11-22)25-16/h6-9,12,22H,5,10-11H2,1-4H3/t12-/m0/s1. The number of amides is 1. The lowest BCUT2D eigenvalue weighted by Gasteiger charge is -2.33. The van der Waals surface area contributed by atoms with Crippen molar-refractivity contribution in [2.24, 2.45) is 5.92 Å². The fourth-order valence-corrected chi connectivity index (χ4v) is 3.68. The summed E-state index contributed by atoms with van der Waals surface area (Å²) in [5.41, 5.74) is 2.13. The summed E-state index contributed by atoms with van der Waals surface area (Å²) in [6.07, 6.45) is 2.70. The van der Waals surface area contributed by atoms with Gasteiger partial charge in [-0.1, -0.05) is 19.1 Å². The number of allylic oxidation sites excluding steroid dienone is 1. The fraction of sp³-hybridized carbons (Fsp3) is 0.474. The minimum absolute atomic E-state index is 0.0566. The van der Waals surface area contributed by atoms with Crippen molar-refractivity contribution >= 4 is 33.3 Å². The zero-order valence-electron chi connectivity index (χ0n) is 15.1. The minimum Gasteiger partial charge on any atom is -0.443 e. The quantitative estimate of drug-likeness (QED) is 0.862. The Labute approximate surface area is 151 Å². The Morgan fingerprint density at radius 3 is 2.88 bits per heavy atom. The van der Waals surface area contributed by atoms with Gasteiger partial charge in [0.2, 0.25) is 0 Å². The zero-order valence-corrected chi connectivity index (χ0v) is 15.9. The fourth-order valence-electron chi connectivity index (χ4n) is 2.87. The lowest BCUT2D eigenvalue weighted by atomic mass is 9.98. The van der Waals surface area contributed by atoms with Crippen LogP contribution in [-0.2, 0) is 11.3 Å². The topological polar surface area (TPSA) is 62.7 Å². The predicted octanol–water partition coefficient (Wildman–Crippen LogP) is 4.41. The number of nitrogens with zero attached hydrogens (tertiary/aromatic N) is 2. The van der Waals surface area contributed by atoms with Gasteiger partial charge in [-0.2, -0.15) is 0 Å². The molecule has 25 heavy (non-hydrogen) atoms. The highest BCUT2D eigenvalue weighted by atomic mass is 32.1. The Balaban J connectivity index is 1.95. The molecule has 1 aliphatic rings. The third-order valence-electron chi connectivity index (χ3n) is 3.98. The van der Waals surface area contributed by atoms with Gasteiger partial charge in [-0.25, -0.2) is 9.78 Å². The average Bonchev–Trinajstić information content (AvgIpc) is 2.95. The van der Waals surface area contributed by atoms with E-state index in [2.05, 4.69) is 18.0 Å².